The molecule has 6 aromatic carbocycles. The van der Waals surface area contributed by atoms with Gasteiger partial charge in [-0.3, -0.25) is 13.6 Å². The Morgan fingerprint density at radius 2 is 0.800 bits per heavy atom. The Hall–Kier alpha value is -4.18. The number of halogens is 1. The standard InChI is InChI=1S/C28H29NP2.C8H8O2.C7H8O.2CHO.ClH.Ru.H/c1-5-13-25(14-6-1)30(26-15-7-2-8-16-26)23-21-29-22-24-31(27-17-9-3-10-18-27)28-19-11-4-12-20-28;1-10-8(9)7-5-3-2-4-6-7;8-6-7-4-2-1-3-5-7;2*1-2;;;/h1-20,29H,21-24H2;2-6H,1H3;1-5,8H,6H2;2*1H;1H;;/q;;;2*-1;;+3;/p+1. The SMILES string of the molecule is COC(=O)c1ccccc1.OCc1ccccc1.[CH-]=O.[CH-]=O.[Cl-].[RuH+3].c1ccc([PH+](CCNCC[PH+](c2ccccc2)c2ccccc2)c2ccccc2)cc1. The van der Waals surface area contributed by atoms with Gasteiger partial charge in [0.1, 0.15) is 0 Å². The Morgan fingerprint density at radius 1 is 0.527 bits per heavy atom. The van der Waals surface area contributed by atoms with Gasteiger partial charge in [-0.05, 0) is 66.2 Å². The van der Waals surface area contributed by atoms with E-state index in [1.54, 1.807) is 24.3 Å². The molecule has 0 atom stereocenters. The van der Waals surface area contributed by atoms with E-state index in [4.69, 9.17) is 14.7 Å². The molecule has 0 saturated carbocycles. The Morgan fingerprint density at radius 3 is 1.05 bits per heavy atom. The molecule has 0 aliphatic carbocycles. The Balaban J connectivity index is 0.000000997. The van der Waals surface area contributed by atoms with Crippen LogP contribution in [0.4, 0.5) is 0 Å². The van der Waals surface area contributed by atoms with Gasteiger partial charge in [-0.15, -0.1) is 0 Å². The number of rotatable bonds is 12. The van der Waals surface area contributed by atoms with Crippen molar-refractivity contribution >= 4 is 56.6 Å². The van der Waals surface area contributed by atoms with Crippen molar-refractivity contribution in [2.75, 3.05) is 32.5 Å². The summed E-state index contributed by atoms with van der Waals surface area (Å²) in [6.07, 6.45) is 2.41. The zero-order valence-corrected chi connectivity index (χ0v) is 35.5. The van der Waals surface area contributed by atoms with Crippen molar-refractivity contribution in [1.29, 1.82) is 0 Å². The minimum absolute atomic E-state index is 0. The average Bonchev–Trinajstić information content (AvgIpc) is 3.27. The quantitative estimate of drug-likeness (QED) is 0.0491. The summed E-state index contributed by atoms with van der Waals surface area (Å²) in [6.45, 7) is 8.77. The molecule has 0 aliphatic heterocycles. The van der Waals surface area contributed by atoms with Gasteiger partial charge in [-0.1, -0.05) is 121 Å². The zero-order valence-electron chi connectivity index (χ0n) is 30.8. The van der Waals surface area contributed by atoms with Crippen LogP contribution in [0.15, 0.2) is 182 Å². The molecule has 6 rings (SSSR count). The first-order valence-electron chi connectivity index (χ1n) is 17.1. The fourth-order valence-corrected chi connectivity index (χ4v) is 10.3. The Kier molecular flexibility index (Phi) is 30.7. The molecular weight excluding hydrogens is 833 g/mol. The van der Waals surface area contributed by atoms with Crippen LogP contribution in [-0.2, 0) is 40.4 Å². The molecule has 0 bridgehead atoms. The average molecular weight is 883 g/mol. The maximum Gasteiger partial charge on any atom is 0.0967 e. The molecular formula is C45H50ClNO5P2Ru+2. The van der Waals surface area contributed by atoms with Gasteiger partial charge in [0.25, 0.3) is 0 Å². The number of hydrogen-bond acceptors (Lipinski definition) is 6. The van der Waals surface area contributed by atoms with Crippen molar-refractivity contribution in [1.82, 2.24) is 5.32 Å². The number of nitrogens with one attached hydrogen (secondary N) is 1. The second kappa shape index (κ2) is 33.2. The molecule has 0 aliphatic rings. The molecule has 2 N–H and O–H groups in total. The summed E-state index contributed by atoms with van der Waals surface area (Å²) in [5.41, 5.74) is 1.55. The number of aliphatic hydroxyl groups excluding tert-OH is 1. The molecule has 6 nitrogen and oxygen atoms in total. The summed E-state index contributed by atoms with van der Waals surface area (Å²) >= 11 is 0. The molecule has 0 saturated heterocycles. The predicted molar refractivity (Wildman–Crippen MR) is 229 cm³/mol. The monoisotopic (exact) mass is 883 g/mol. The summed E-state index contributed by atoms with van der Waals surface area (Å²) < 4.78 is 4.50. The number of carbonyl (C=O) groups excluding carboxylic acids is 3. The van der Waals surface area contributed by atoms with Gasteiger partial charge in [-0.25, -0.2) is 4.79 Å². The minimum Gasteiger partial charge on any atom is -0.310 e. The van der Waals surface area contributed by atoms with Crippen molar-refractivity contribution in [2.24, 2.45) is 0 Å². The Labute approximate surface area is 348 Å². The van der Waals surface area contributed by atoms with Gasteiger partial charge < -0.3 is 37.2 Å². The van der Waals surface area contributed by atoms with Crippen LogP contribution in [0.1, 0.15) is 15.9 Å². The maximum absolute atomic E-state index is 10.8. The van der Waals surface area contributed by atoms with Crippen LogP contribution in [0.3, 0.4) is 0 Å². The third-order valence-electron chi connectivity index (χ3n) is 7.81. The number of esters is 1. The topological polar surface area (TPSA) is 92.7 Å². The summed E-state index contributed by atoms with van der Waals surface area (Å²) in [6, 6.07) is 62.6. The van der Waals surface area contributed by atoms with Gasteiger partial charge in [0.2, 0.25) is 0 Å². The van der Waals surface area contributed by atoms with E-state index in [2.05, 4.69) is 145 Å². The van der Waals surface area contributed by atoms with Crippen LogP contribution in [0, 0.1) is 0 Å². The molecule has 0 aromatic heterocycles. The number of hydrogen-bond donors (Lipinski definition) is 2. The number of benzene rings is 6. The van der Waals surface area contributed by atoms with E-state index in [9.17, 15) is 4.79 Å². The van der Waals surface area contributed by atoms with Crippen LogP contribution in [0.5, 0.6) is 0 Å². The molecule has 0 unspecified atom stereocenters. The van der Waals surface area contributed by atoms with Crippen molar-refractivity contribution in [3.63, 3.8) is 0 Å². The number of aliphatic hydroxyl groups is 1. The van der Waals surface area contributed by atoms with Crippen LogP contribution < -0.4 is 38.9 Å². The molecule has 1 radical (unpaired) electrons. The summed E-state index contributed by atoms with van der Waals surface area (Å²) in [4.78, 5) is 26.3. The van der Waals surface area contributed by atoms with Crippen molar-refractivity contribution in [2.45, 2.75) is 6.61 Å². The van der Waals surface area contributed by atoms with Crippen LogP contribution in [-0.4, -0.2) is 57.2 Å². The molecule has 10 heteroatoms. The maximum atomic E-state index is 10.8. The zero-order chi connectivity index (χ0) is 38.4. The van der Waals surface area contributed by atoms with E-state index in [1.807, 2.05) is 36.4 Å². The normalized spacial score (nSPS) is 9.38. The van der Waals surface area contributed by atoms with E-state index >= 15 is 0 Å². The van der Waals surface area contributed by atoms with E-state index < -0.39 is 15.8 Å². The molecule has 288 valence electrons. The van der Waals surface area contributed by atoms with Crippen molar-refractivity contribution in [3.05, 3.63) is 193 Å². The fraction of sp³-hybridized carbons (Fsp3) is 0.133. The largest absolute Gasteiger partial charge is 0.310 e. The molecule has 0 amide bonds. The van der Waals surface area contributed by atoms with Crippen molar-refractivity contribution < 1.29 is 56.1 Å². The minimum atomic E-state index is -0.758. The van der Waals surface area contributed by atoms with E-state index in [0.29, 0.717) is 5.56 Å². The molecule has 6 aromatic rings. The summed E-state index contributed by atoms with van der Waals surface area (Å²) in [5.74, 6) is -0.291. The smallest absolute Gasteiger partial charge is 0.0967 e. The molecule has 55 heavy (non-hydrogen) atoms. The second-order valence-electron chi connectivity index (χ2n) is 11.2. The summed E-state index contributed by atoms with van der Waals surface area (Å²) in [5, 5.41) is 18.3. The van der Waals surface area contributed by atoms with Gasteiger partial charge in [0.15, 0.2) is 0 Å². The number of ether oxygens (including phenoxy) is 1. The third kappa shape index (κ3) is 19.8. The van der Waals surface area contributed by atoms with Gasteiger partial charge in [0, 0.05) is 13.1 Å². The van der Waals surface area contributed by atoms with Gasteiger partial charge >= 0.3 is 25.4 Å². The summed E-state index contributed by atoms with van der Waals surface area (Å²) in [7, 11) is -0.145. The van der Waals surface area contributed by atoms with E-state index in [1.165, 1.54) is 40.7 Å². The van der Waals surface area contributed by atoms with Crippen LogP contribution >= 0.6 is 15.8 Å². The van der Waals surface area contributed by atoms with Crippen molar-refractivity contribution in [3.8, 4) is 0 Å². The van der Waals surface area contributed by atoms with Crippen LogP contribution in [0.2, 0.25) is 0 Å². The van der Waals surface area contributed by atoms with E-state index in [-0.39, 0.29) is 44.5 Å². The van der Waals surface area contributed by atoms with Crippen LogP contribution in [0.25, 0.3) is 0 Å². The predicted octanol–water partition coefficient (Wildman–Crippen LogP) is 3.14. The number of methoxy groups -OCH3 is 1. The first kappa shape index (κ1) is 50.8. The Bertz CT molecular complexity index is 1600. The number of carbonyl (C=O) groups is 1. The second-order valence-corrected chi connectivity index (χ2v) is 16.4. The third-order valence-corrected chi connectivity index (χ3v) is 13.4. The van der Waals surface area contributed by atoms with E-state index in [0.717, 1.165) is 18.7 Å². The van der Waals surface area contributed by atoms with Gasteiger partial charge in [0.05, 0.1) is 68.7 Å². The molecule has 0 spiro atoms. The molecule has 0 fully saturated rings. The first-order chi connectivity index (χ1) is 26.2. The van der Waals surface area contributed by atoms with Gasteiger partial charge in [-0.2, -0.15) is 0 Å². The molecule has 0 heterocycles. The fourth-order valence-electron chi connectivity index (χ4n) is 5.30. The first-order valence-corrected chi connectivity index (χ1v) is 20.5.